The maximum Gasteiger partial charge on any atom is 0.573 e. The van der Waals surface area contributed by atoms with Gasteiger partial charge in [0.2, 0.25) is 0 Å². The van der Waals surface area contributed by atoms with E-state index < -0.39 is 18.1 Å². The highest BCUT2D eigenvalue weighted by Crippen LogP contribution is 2.39. The molecule has 3 aromatic rings. The van der Waals surface area contributed by atoms with Crippen LogP contribution in [0.1, 0.15) is 19.8 Å². The van der Waals surface area contributed by atoms with Gasteiger partial charge in [0.05, 0.1) is 27.7 Å². The summed E-state index contributed by atoms with van der Waals surface area (Å²) in [4.78, 5) is 15.1. The SMILES string of the molecule is CC1CCN(c2cc(Cl)ccc2NC(=O)Nc2ccc(OC(F)(F)F)c(-c3c(Br)cnn3C)c2)CC1. The van der Waals surface area contributed by atoms with Crippen molar-refractivity contribution in [3.63, 3.8) is 0 Å². The maximum absolute atomic E-state index is 13.0. The zero-order valence-corrected chi connectivity index (χ0v) is 21.8. The summed E-state index contributed by atoms with van der Waals surface area (Å²) >= 11 is 9.53. The molecule has 0 unspecified atom stereocenters. The molecular formula is C24H24BrClF3N5O2. The van der Waals surface area contributed by atoms with Gasteiger partial charge in [-0.05, 0) is 71.1 Å². The molecule has 192 valence electrons. The highest BCUT2D eigenvalue weighted by atomic mass is 79.9. The fourth-order valence-electron chi connectivity index (χ4n) is 4.13. The van der Waals surface area contributed by atoms with Crippen LogP contribution in [0.4, 0.5) is 35.0 Å². The number of rotatable bonds is 5. The Morgan fingerprint density at radius 2 is 1.89 bits per heavy atom. The molecule has 2 heterocycles. The number of anilines is 3. The zero-order valence-electron chi connectivity index (χ0n) is 19.5. The molecule has 12 heteroatoms. The van der Waals surface area contributed by atoms with Crippen molar-refractivity contribution in [2.75, 3.05) is 28.6 Å². The number of amides is 2. The van der Waals surface area contributed by atoms with Crippen molar-refractivity contribution in [3.05, 3.63) is 52.1 Å². The van der Waals surface area contributed by atoms with Gasteiger partial charge in [0.15, 0.2) is 0 Å². The molecule has 2 N–H and O–H groups in total. The Bertz CT molecular complexity index is 1240. The number of carbonyl (C=O) groups is 1. The average molecular weight is 587 g/mol. The number of ether oxygens (including phenoxy) is 1. The second-order valence-electron chi connectivity index (χ2n) is 8.63. The molecule has 4 rings (SSSR count). The number of nitrogens with one attached hydrogen (secondary N) is 2. The number of alkyl halides is 3. The van der Waals surface area contributed by atoms with E-state index in [1.807, 2.05) is 6.07 Å². The average Bonchev–Trinajstić information content (AvgIpc) is 3.13. The molecule has 1 saturated heterocycles. The van der Waals surface area contributed by atoms with Crippen molar-refractivity contribution < 1.29 is 22.7 Å². The summed E-state index contributed by atoms with van der Waals surface area (Å²) in [6.45, 7) is 3.91. The summed E-state index contributed by atoms with van der Waals surface area (Å²) in [7, 11) is 1.59. The van der Waals surface area contributed by atoms with Gasteiger partial charge in [0, 0.05) is 36.4 Å². The molecule has 1 aliphatic heterocycles. The number of urea groups is 1. The van der Waals surface area contributed by atoms with Gasteiger partial charge in [-0.15, -0.1) is 13.2 Å². The summed E-state index contributed by atoms with van der Waals surface area (Å²) in [5, 5.41) is 10.1. The first-order valence-electron chi connectivity index (χ1n) is 11.2. The molecule has 0 radical (unpaired) electrons. The van der Waals surface area contributed by atoms with Crippen LogP contribution in [0.5, 0.6) is 5.75 Å². The monoisotopic (exact) mass is 585 g/mol. The second kappa shape index (κ2) is 10.6. The molecule has 0 saturated carbocycles. The quantitative estimate of drug-likeness (QED) is 0.330. The van der Waals surface area contributed by atoms with E-state index in [9.17, 15) is 18.0 Å². The van der Waals surface area contributed by atoms with Gasteiger partial charge in [-0.2, -0.15) is 5.10 Å². The number of halogens is 5. The molecule has 0 aliphatic carbocycles. The maximum atomic E-state index is 13.0. The van der Waals surface area contributed by atoms with Crippen molar-refractivity contribution in [2.45, 2.75) is 26.1 Å². The Labute approximate surface area is 219 Å². The summed E-state index contributed by atoms with van der Waals surface area (Å²) in [6, 6.07) is 8.57. The lowest BCUT2D eigenvalue weighted by atomic mass is 9.98. The molecule has 0 atom stereocenters. The number of hydrogen-bond acceptors (Lipinski definition) is 4. The van der Waals surface area contributed by atoms with E-state index in [1.54, 1.807) is 19.2 Å². The smallest absolute Gasteiger partial charge is 0.405 e. The van der Waals surface area contributed by atoms with Gasteiger partial charge in [-0.3, -0.25) is 4.68 Å². The number of nitrogens with zero attached hydrogens (tertiary/aromatic N) is 3. The topological polar surface area (TPSA) is 71.4 Å². The van der Waals surface area contributed by atoms with Gasteiger partial charge < -0.3 is 20.3 Å². The second-order valence-corrected chi connectivity index (χ2v) is 9.92. The first kappa shape index (κ1) is 26.2. The van der Waals surface area contributed by atoms with Crippen LogP contribution in [0.3, 0.4) is 0 Å². The van der Waals surface area contributed by atoms with E-state index in [2.05, 4.69) is 48.2 Å². The third-order valence-corrected chi connectivity index (χ3v) is 6.76. The van der Waals surface area contributed by atoms with E-state index in [0.717, 1.165) is 37.7 Å². The Morgan fingerprint density at radius 1 is 1.17 bits per heavy atom. The first-order valence-corrected chi connectivity index (χ1v) is 12.4. The van der Waals surface area contributed by atoms with Crippen LogP contribution >= 0.6 is 27.5 Å². The summed E-state index contributed by atoms with van der Waals surface area (Å²) in [5.74, 6) is 0.218. The van der Waals surface area contributed by atoms with Gasteiger partial charge in [-0.1, -0.05) is 18.5 Å². The lowest BCUT2D eigenvalue weighted by Crippen LogP contribution is -2.33. The molecule has 1 aromatic heterocycles. The molecular weight excluding hydrogens is 563 g/mol. The van der Waals surface area contributed by atoms with E-state index in [1.165, 1.54) is 23.0 Å². The predicted molar refractivity (Wildman–Crippen MR) is 138 cm³/mol. The van der Waals surface area contributed by atoms with Crippen molar-refractivity contribution >= 4 is 50.6 Å². The number of carbonyl (C=O) groups excluding carboxylic acids is 1. The van der Waals surface area contributed by atoms with Crippen LogP contribution in [0.15, 0.2) is 47.1 Å². The van der Waals surface area contributed by atoms with E-state index in [4.69, 9.17) is 11.6 Å². The largest absolute Gasteiger partial charge is 0.573 e. The predicted octanol–water partition coefficient (Wildman–Crippen LogP) is 7.28. The van der Waals surface area contributed by atoms with Crippen molar-refractivity contribution in [1.82, 2.24) is 9.78 Å². The molecule has 2 aromatic carbocycles. The first-order chi connectivity index (χ1) is 17.0. The Morgan fingerprint density at radius 3 is 2.53 bits per heavy atom. The van der Waals surface area contributed by atoms with Gasteiger partial charge in [-0.25, -0.2) is 4.79 Å². The van der Waals surface area contributed by atoms with E-state index in [-0.39, 0.29) is 11.3 Å². The molecule has 1 aliphatic rings. The Balaban J connectivity index is 1.58. The minimum atomic E-state index is -4.89. The van der Waals surface area contributed by atoms with Gasteiger partial charge in [0.1, 0.15) is 5.75 Å². The van der Waals surface area contributed by atoms with Crippen LogP contribution in [0.25, 0.3) is 11.3 Å². The fourth-order valence-corrected chi connectivity index (χ4v) is 4.85. The minimum Gasteiger partial charge on any atom is -0.405 e. The molecule has 0 spiro atoms. The normalized spacial score (nSPS) is 14.6. The molecule has 36 heavy (non-hydrogen) atoms. The van der Waals surface area contributed by atoms with E-state index >= 15 is 0 Å². The van der Waals surface area contributed by atoms with Crippen molar-refractivity contribution in [3.8, 4) is 17.0 Å². The van der Waals surface area contributed by atoms with Gasteiger partial charge in [0.25, 0.3) is 0 Å². The Kier molecular flexibility index (Phi) is 7.70. The summed E-state index contributed by atoms with van der Waals surface area (Å²) < 4.78 is 45.1. The highest BCUT2D eigenvalue weighted by Gasteiger charge is 2.33. The van der Waals surface area contributed by atoms with Crippen molar-refractivity contribution in [2.24, 2.45) is 13.0 Å². The molecule has 2 amide bonds. The summed E-state index contributed by atoms with van der Waals surface area (Å²) in [6.07, 6.45) is -1.35. The third-order valence-electron chi connectivity index (χ3n) is 5.94. The lowest BCUT2D eigenvalue weighted by molar-refractivity contribution is -0.274. The number of aryl methyl sites for hydroxylation is 1. The van der Waals surface area contributed by atoms with Crippen LogP contribution in [-0.4, -0.2) is 35.3 Å². The van der Waals surface area contributed by atoms with Crippen LogP contribution in [0.2, 0.25) is 5.02 Å². The summed E-state index contributed by atoms with van der Waals surface area (Å²) in [5.41, 5.74) is 2.13. The lowest BCUT2D eigenvalue weighted by Gasteiger charge is -2.33. The standard InChI is InChI=1S/C24H24BrClF3N5O2/c1-14-7-9-34(10-8-14)20-11-15(26)3-5-19(20)32-23(35)31-16-4-6-21(36-24(27,28)29)17(12-16)22-18(25)13-30-33(22)2/h3-6,11-14H,7-10H2,1-2H3,(H2,31,32,35). The fraction of sp³-hybridized carbons (Fsp3) is 0.333. The minimum absolute atomic E-state index is 0.103. The zero-order chi connectivity index (χ0) is 26.0. The molecule has 1 fully saturated rings. The molecule has 0 bridgehead atoms. The van der Waals surface area contributed by atoms with Crippen LogP contribution in [0, 0.1) is 5.92 Å². The number of aromatic nitrogens is 2. The number of hydrogen-bond donors (Lipinski definition) is 2. The van der Waals surface area contributed by atoms with E-state index in [0.29, 0.717) is 26.8 Å². The van der Waals surface area contributed by atoms with Crippen molar-refractivity contribution in [1.29, 1.82) is 0 Å². The molecule has 7 nitrogen and oxygen atoms in total. The Hall–Kier alpha value is -2.92. The number of benzene rings is 2. The highest BCUT2D eigenvalue weighted by molar-refractivity contribution is 9.10. The third kappa shape index (κ3) is 6.25. The van der Waals surface area contributed by atoms with Gasteiger partial charge >= 0.3 is 12.4 Å². The van der Waals surface area contributed by atoms with Crippen LogP contribution < -0.4 is 20.3 Å². The number of piperidine rings is 1. The van der Waals surface area contributed by atoms with Crippen LogP contribution in [-0.2, 0) is 7.05 Å².